The molecule has 0 bridgehead atoms. The zero-order chi connectivity index (χ0) is 29.8. The number of hydrogen-bond donors (Lipinski definition) is 2. The van der Waals surface area contributed by atoms with Crippen LogP contribution in [0, 0.1) is 5.41 Å². The van der Waals surface area contributed by atoms with Crippen LogP contribution < -0.4 is 11.1 Å². The summed E-state index contributed by atoms with van der Waals surface area (Å²) in [5, 5.41) is 1.07. The summed E-state index contributed by atoms with van der Waals surface area (Å²) in [4.78, 5) is 23.6. The first-order valence-corrected chi connectivity index (χ1v) is 4.26. The molecule has 0 heterocycles. The molecule has 6 heteroatoms. The van der Waals surface area contributed by atoms with Crippen molar-refractivity contribution in [1.29, 1.82) is 0 Å². The van der Waals surface area contributed by atoms with Crippen LogP contribution in [-0.2, 0) is 9.47 Å². The highest BCUT2D eigenvalue weighted by Gasteiger charge is 2.27. The maximum Gasteiger partial charge on any atom is 0.407 e. The molecule has 0 rings (SSSR count). The highest BCUT2D eigenvalue weighted by Crippen LogP contribution is 2.24. The number of rotatable bonds is 7. The predicted octanol–water partition coefficient (Wildman–Crippen LogP) is 2.02. The van der Waals surface area contributed by atoms with Gasteiger partial charge in [-0.05, 0) is 20.1 Å². The van der Waals surface area contributed by atoms with Crippen molar-refractivity contribution in [3.8, 4) is 0 Å². The number of hydrogen-bond acceptors (Lipinski definition) is 4. The van der Waals surface area contributed by atoms with Crippen LogP contribution in [-0.4, -0.2) is 31.3 Å². The first kappa shape index (κ1) is 3.55. The average molecular weight is 278 g/mol. The molecule has 0 aromatic carbocycles. The molecule has 1 atom stereocenters. The fourth-order valence-corrected chi connectivity index (χ4v) is 0.625. The lowest BCUT2D eigenvalue weighted by atomic mass is 9.87. The van der Waals surface area contributed by atoms with Gasteiger partial charge in [0.1, 0.15) is 13.1 Å². The summed E-state index contributed by atoms with van der Waals surface area (Å²) in [6.07, 6.45) is -12.8. The van der Waals surface area contributed by atoms with Crippen LogP contribution in [0.1, 0.15) is 64.9 Å². The number of alkyl carbamates (subject to hydrolysis) is 1. The van der Waals surface area contributed by atoms with Crippen LogP contribution in [0.3, 0.4) is 0 Å². The van der Waals surface area contributed by atoms with Crippen molar-refractivity contribution in [3.63, 3.8) is 0 Å². The minimum absolute atomic E-state index is 0.161. The summed E-state index contributed by atoms with van der Waals surface area (Å²) in [6.45, 7) is -19.7. The second-order valence-corrected chi connectivity index (χ2v) is 2.89. The fraction of sp³-hybridized carbons (Fsp3) is 0.833. The van der Waals surface area contributed by atoms with Crippen molar-refractivity contribution >= 4 is 12.2 Å². The second-order valence-electron chi connectivity index (χ2n) is 2.89. The lowest BCUT2D eigenvalue weighted by Gasteiger charge is -2.27. The molecule has 1 unspecified atom stereocenters. The maximum absolute atomic E-state index is 12.4. The first-order chi connectivity index (χ1) is 15.3. The number of carbonyl (C=O) groups excluding carboxylic acids is 2. The summed E-state index contributed by atoms with van der Waals surface area (Å²) in [7, 11) is 0. The average Bonchev–Trinajstić information content (AvgIpc) is 2.55. The number of primary amides is 1. The Labute approximate surface area is 133 Å². The molecule has 0 aliphatic rings. The minimum atomic E-state index is -4.26. The summed E-state index contributed by atoms with van der Waals surface area (Å²) in [5.74, 6) is 0. The Morgan fingerprint density at radius 2 is 2.17 bits per heavy atom. The van der Waals surface area contributed by atoms with Gasteiger partial charge in [0.2, 0.25) is 0 Å². The molecule has 0 aliphatic carbocycles. The molecule has 106 valence electrons. The molecule has 2 amide bonds. The van der Waals surface area contributed by atoms with Gasteiger partial charge in [-0.2, -0.15) is 0 Å². The number of amides is 2. The van der Waals surface area contributed by atoms with Crippen LogP contribution in [0.4, 0.5) is 9.59 Å². The van der Waals surface area contributed by atoms with Gasteiger partial charge in [0.15, 0.2) is 0 Å². The third-order valence-electron chi connectivity index (χ3n) is 1.24. The molecule has 0 fully saturated rings. The Morgan fingerprint density at radius 1 is 1.50 bits per heavy atom. The van der Waals surface area contributed by atoms with Gasteiger partial charge in [0.05, 0.1) is 6.85 Å². The first-order valence-electron chi connectivity index (χ1n) is 13.3. The third-order valence-corrected chi connectivity index (χ3v) is 1.24. The minimum Gasteiger partial charge on any atom is -0.449 e. The van der Waals surface area contributed by atoms with E-state index in [0.29, 0.717) is 0 Å². The summed E-state index contributed by atoms with van der Waals surface area (Å²) in [6, 6.07) is -3.83. The van der Waals surface area contributed by atoms with Crippen LogP contribution in [0.25, 0.3) is 0 Å². The largest absolute Gasteiger partial charge is 0.449 e. The third kappa shape index (κ3) is 7.76. The van der Waals surface area contributed by atoms with E-state index < -0.39 is 70.0 Å². The Hall–Kier alpha value is -1.46. The van der Waals surface area contributed by atoms with Crippen LogP contribution in [0.2, 0.25) is 0 Å². The van der Waals surface area contributed by atoms with E-state index in [9.17, 15) is 9.59 Å². The number of nitrogens with two attached hydrogens (primary N) is 1. The Morgan fingerprint density at radius 3 is 2.72 bits per heavy atom. The molecule has 6 nitrogen and oxygen atoms in total. The number of carbonyl (C=O) groups is 2. The summed E-state index contributed by atoms with van der Waals surface area (Å²) < 4.78 is 145. The van der Waals surface area contributed by atoms with E-state index in [1.807, 2.05) is 0 Å². The normalized spacial score (nSPS) is 34.5. The molecule has 0 radical (unpaired) electrons. The fourth-order valence-electron chi connectivity index (χ4n) is 0.625. The van der Waals surface area contributed by atoms with Gasteiger partial charge in [-0.3, -0.25) is 0 Å². The van der Waals surface area contributed by atoms with Crippen molar-refractivity contribution < 1.29 is 43.7 Å². The molecular formula is C12H24N2O4. The van der Waals surface area contributed by atoms with Crippen LogP contribution in [0.15, 0.2) is 0 Å². The maximum atomic E-state index is 12.4. The highest BCUT2D eigenvalue weighted by molar-refractivity contribution is 5.67. The zero-order valence-corrected chi connectivity index (χ0v) is 9.21. The van der Waals surface area contributed by atoms with Gasteiger partial charge in [0, 0.05) is 29.3 Å². The van der Waals surface area contributed by atoms with E-state index >= 15 is 0 Å². The summed E-state index contributed by atoms with van der Waals surface area (Å²) in [5.41, 5.74) is 0.760. The van der Waals surface area contributed by atoms with E-state index in [1.165, 1.54) is 0 Å². The van der Waals surface area contributed by atoms with Crippen molar-refractivity contribution in [2.45, 2.75) is 46.2 Å². The lowest BCUT2D eigenvalue weighted by molar-refractivity contribution is 0.0333. The Kier molecular flexibility index (Phi) is 1.54. The molecule has 18 heavy (non-hydrogen) atoms. The number of ether oxygens (including phenoxy) is 2. The highest BCUT2D eigenvalue weighted by atomic mass is 16.6. The Bertz CT molecular complexity index is 832. The number of nitrogens with one attached hydrogen (secondary N) is 1. The zero-order valence-electron chi connectivity index (χ0n) is 27.2. The van der Waals surface area contributed by atoms with Crippen molar-refractivity contribution in [2.24, 2.45) is 11.1 Å². The van der Waals surface area contributed by atoms with E-state index in [4.69, 9.17) is 30.4 Å². The quantitative estimate of drug-likeness (QED) is 0.745. The molecule has 0 saturated heterocycles. The van der Waals surface area contributed by atoms with Gasteiger partial charge in [0.25, 0.3) is 0 Å². The second kappa shape index (κ2) is 7.79. The smallest absolute Gasteiger partial charge is 0.407 e. The van der Waals surface area contributed by atoms with E-state index in [2.05, 4.69) is 9.47 Å². The monoisotopic (exact) mass is 278 g/mol. The molecule has 0 saturated carbocycles. The van der Waals surface area contributed by atoms with Crippen molar-refractivity contribution in [3.05, 3.63) is 0 Å². The van der Waals surface area contributed by atoms with Gasteiger partial charge in [-0.25, -0.2) is 9.59 Å². The molecule has 0 aromatic rings. The molecule has 0 spiro atoms. The molecule has 0 aromatic heterocycles. The van der Waals surface area contributed by atoms with Crippen LogP contribution in [0.5, 0.6) is 0 Å². The van der Waals surface area contributed by atoms with Gasteiger partial charge in [-0.1, -0.05) is 20.1 Å². The molecule has 0 aliphatic heterocycles. The molecule has 3 N–H and O–H groups in total. The topological polar surface area (TPSA) is 90.7 Å². The van der Waals surface area contributed by atoms with Crippen LogP contribution >= 0.6 is 0 Å². The van der Waals surface area contributed by atoms with E-state index in [0.717, 1.165) is 5.32 Å². The summed E-state index contributed by atoms with van der Waals surface area (Å²) >= 11 is 0. The molecular weight excluding hydrogens is 236 g/mol. The van der Waals surface area contributed by atoms with Crippen molar-refractivity contribution in [1.82, 2.24) is 5.32 Å². The van der Waals surface area contributed by atoms with E-state index in [1.54, 1.807) is 0 Å². The van der Waals surface area contributed by atoms with Crippen molar-refractivity contribution in [2.75, 3.05) is 13.1 Å². The van der Waals surface area contributed by atoms with E-state index in [-0.39, 0.29) is 6.92 Å². The van der Waals surface area contributed by atoms with Gasteiger partial charge < -0.3 is 20.5 Å². The predicted molar refractivity (Wildman–Crippen MR) is 68.2 cm³/mol. The Balaban J connectivity index is 6.99. The standard InChI is InChI=1S/C12H24N2O4/c1-5-6-12(4,7-17-10(13)15)8-18-11(16)14-9(2)3/h9H,5-8H2,1-4H3,(H2,13,15)(H,14,16)/i1D3,2D3,3D3,5D2,6D2,7D2,8D2,9D. The van der Waals surface area contributed by atoms with Gasteiger partial charge in [-0.15, -0.1) is 0 Å². The SMILES string of the molecule is [2H]C([2H])([2H])C([2H])([2H])C([2H])([2H])C(C)(C([2H])([2H])OC(N)=O)C([2H])([2H])OC(=O)NC([2H])(C([2H])([2H])[2H])C([2H])([2H])[2H]. The lowest BCUT2D eigenvalue weighted by Crippen LogP contribution is -2.37. The van der Waals surface area contributed by atoms with Gasteiger partial charge >= 0.3 is 12.2 Å².